The van der Waals surface area contributed by atoms with Crippen molar-refractivity contribution in [2.45, 2.75) is 37.5 Å². The standard InChI is InChI=1S/C14H19NO5S/c1-3-19-12-10-13(20-4-2)15(14(12)16)21(17,18)11-8-6-5-7-9-11/h5-9,12-13H,3-4,10H2,1-2H3. The molecule has 2 atom stereocenters. The maximum atomic E-state index is 12.6. The average Bonchev–Trinajstić information content (AvgIpc) is 2.77. The minimum atomic E-state index is -3.93. The molecule has 0 saturated carbocycles. The maximum Gasteiger partial charge on any atom is 0.268 e. The number of amides is 1. The van der Waals surface area contributed by atoms with Crippen LogP contribution in [0.5, 0.6) is 0 Å². The summed E-state index contributed by atoms with van der Waals surface area (Å²) in [4.78, 5) is 12.4. The van der Waals surface area contributed by atoms with Crippen molar-refractivity contribution in [3.63, 3.8) is 0 Å². The van der Waals surface area contributed by atoms with Crippen LogP contribution in [0, 0.1) is 0 Å². The van der Waals surface area contributed by atoms with Crippen LogP contribution in [0.4, 0.5) is 0 Å². The second-order valence-corrected chi connectivity index (χ2v) is 6.36. The van der Waals surface area contributed by atoms with Crippen molar-refractivity contribution in [2.24, 2.45) is 0 Å². The molecule has 0 aliphatic carbocycles. The van der Waals surface area contributed by atoms with Gasteiger partial charge in [0.05, 0.1) is 4.90 Å². The molecule has 0 aromatic heterocycles. The number of hydrogen-bond donors (Lipinski definition) is 0. The van der Waals surface area contributed by atoms with E-state index in [1.807, 2.05) is 0 Å². The van der Waals surface area contributed by atoms with E-state index in [9.17, 15) is 13.2 Å². The summed E-state index contributed by atoms with van der Waals surface area (Å²) < 4.78 is 36.8. The highest BCUT2D eigenvalue weighted by molar-refractivity contribution is 7.89. The molecule has 1 fully saturated rings. The molecule has 1 aromatic carbocycles. The van der Waals surface area contributed by atoms with E-state index in [1.165, 1.54) is 12.1 Å². The summed E-state index contributed by atoms with van der Waals surface area (Å²) >= 11 is 0. The van der Waals surface area contributed by atoms with E-state index >= 15 is 0 Å². The van der Waals surface area contributed by atoms with Gasteiger partial charge in [-0.25, -0.2) is 12.7 Å². The van der Waals surface area contributed by atoms with E-state index in [0.717, 1.165) is 4.31 Å². The molecule has 1 saturated heterocycles. The van der Waals surface area contributed by atoms with E-state index in [1.54, 1.807) is 32.0 Å². The summed E-state index contributed by atoms with van der Waals surface area (Å²) in [5.74, 6) is -0.570. The van der Waals surface area contributed by atoms with Gasteiger partial charge in [-0.2, -0.15) is 0 Å². The Kier molecular flexibility index (Phi) is 4.97. The Hall–Kier alpha value is -1.44. The average molecular weight is 313 g/mol. The van der Waals surface area contributed by atoms with E-state index in [0.29, 0.717) is 13.2 Å². The lowest BCUT2D eigenvalue weighted by Gasteiger charge is -2.23. The predicted molar refractivity (Wildman–Crippen MR) is 75.9 cm³/mol. The van der Waals surface area contributed by atoms with Gasteiger partial charge in [0.25, 0.3) is 15.9 Å². The number of carbonyl (C=O) groups is 1. The molecule has 116 valence electrons. The van der Waals surface area contributed by atoms with Crippen LogP contribution in [0.3, 0.4) is 0 Å². The molecule has 1 aromatic rings. The number of ether oxygens (including phenoxy) is 2. The molecule has 1 amide bonds. The third-order valence-electron chi connectivity index (χ3n) is 3.20. The molecule has 0 spiro atoms. The molecule has 6 nitrogen and oxygen atoms in total. The first-order valence-electron chi connectivity index (χ1n) is 6.88. The molecule has 0 N–H and O–H groups in total. The third kappa shape index (κ3) is 3.09. The lowest BCUT2D eigenvalue weighted by atomic mass is 10.3. The largest absolute Gasteiger partial charge is 0.368 e. The molecular weight excluding hydrogens is 294 g/mol. The number of nitrogens with zero attached hydrogens (tertiary/aromatic N) is 1. The van der Waals surface area contributed by atoms with Crippen LogP contribution in [0.2, 0.25) is 0 Å². The molecule has 7 heteroatoms. The van der Waals surface area contributed by atoms with Gasteiger partial charge in [-0.05, 0) is 26.0 Å². The van der Waals surface area contributed by atoms with Crippen molar-refractivity contribution < 1.29 is 22.7 Å². The van der Waals surface area contributed by atoms with E-state index < -0.39 is 28.3 Å². The molecule has 0 radical (unpaired) electrons. The summed E-state index contributed by atoms with van der Waals surface area (Å²) in [6.07, 6.45) is -1.37. The molecule has 2 rings (SSSR count). The van der Waals surface area contributed by atoms with Crippen molar-refractivity contribution in [3.8, 4) is 0 Å². The van der Waals surface area contributed by atoms with Gasteiger partial charge in [-0.1, -0.05) is 18.2 Å². The Balaban J connectivity index is 2.36. The van der Waals surface area contributed by atoms with E-state index in [4.69, 9.17) is 9.47 Å². The second kappa shape index (κ2) is 6.55. The number of benzene rings is 1. The van der Waals surface area contributed by atoms with E-state index in [-0.39, 0.29) is 11.3 Å². The first-order chi connectivity index (χ1) is 10.0. The predicted octanol–water partition coefficient (Wildman–Crippen LogP) is 1.38. The summed E-state index contributed by atoms with van der Waals surface area (Å²) in [6, 6.07) is 7.86. The summed E-state index contributed by atoms with van der Waals surface area (Å²) in [5, 5.41) is 0. The Morgan fingerprint density at radius 3 is 2.33 bits per heavy atom. The number of hydrogen-bond acceptors (Lipinski definition) is 5. The van der Waals surface area contributed by atoms with Gasteiger partial charge in [-0.3, -0.25) is 4.79 Å². The Morgan fingerprint density at radius 2 is 1.76 bits per heavy atom. The molecule has 0 bridgehead atoms. The number of carbonyl (C=O) groups excluding carboxylic acids is 1. The topological polar surface area (TPSA) is 72.9 Å². The molecule has 1 aliphatic rings. The fraction of sp³-hybridized carbons (Fsp3) is 0.500. The summed E-state index contributed by atoms with van der Waals surface area (Å²) in [5.41, 5.74) is 0. The van der Waals surface area contributed by atoms with Gasteiger partial charge in [-0.15, -0.1) is 0 Å². The monoisotopic (exact) mass is 313 g/mol. The minimum absolute atomic E-state index is 0.0696. The fourth-order valence-electron chi connectivity index (χ4n) is 2.31. The van der Waals surface area contributed by atoms with Crippen LogP contribution in [-0.2, 0) is 24.3 Å². The third-order valence-corrected chi connectivity index (χ3v) is 5.00. The molecule has 21 heavy (non-hydrogen) atoms. The maximum absolute atomic E-state index is 12.6. The van der Waals surface area contributed by atoms with Gasteiger partial charge in [0, 0.05) is 19.6 Å². The van der Waals surface area contributed by atoms with Gasteiger partial charge >= 0.3 is 0 Å². The number of sulfonamides is 1. The van der Waals surface area contributed by atoms with Crippen molar-refractivity contribution in [1.29, 1.82) is 0 Å². The van der Waals surface area contributed by atoms with Gasteiger partial charge in [0.2, 0.25) is 0 Å². The quantitative estimate of drug-likeness (QED) is 0.793. The highest BCUT2D eigenvalue weighted by Gasteiger charge is 2.47. The summed E-state index contributed by atoms with van der Waals surface area (Å²) in [7, 11) is -3.93. The van der Waals surface area contributed by atoms with Crippen LogP contribution < -0.4 is 0 Å². The van der Waals surface area contributed by atoms with Crippen LogP contribution in [0.15, 0.2) is 35.2 Å². The summed E-state index contributed by atoms with van der Waals surface area (Å²) in [6.45, 7) is 4.18. The smallest absolute Gasteiger partial charge is 0.268 e. The number of rotatable bonds is 6. The van der Waals surface area contributed by atoms with Crippen LogP contribution in [-0.4, -0.2) is 44.2 Å². The zero-order chi connectivity index (χ0) is 15.5. The Bertz CT molecular complexity index is 587. The van der Waals surface area contributed by atoms with Crippen molar-refractivity contribution in [1.82, 2.24) is 4.31 Å². The van der Waals surface area contributed by atoms with Crippen LogP contribution in [0.25, 0.3) is 0 Å². The Labute approximate surface area is 124 Å². The normalized spacial score (nSPS) is 22.8. The first kappa shape index (κ1) is 15.9. The van der Waals surface area contributed by atoms with Crippen LogP contribution in [0.1, 0.15) is 20.3 Å². The van der Waals surface area contributed by atoms with Gasteiger partial charge in [0.1, 0.15) is 6.10 Å². The lowest BCUT2D eigenvalue weighted by Crippen LogP contribution is -2.41. The molecular formula is C14H19NO5S. The fourth-order valence-corrected chi connectivity index (χ4v) is 3.85. The Morgan fingerprint density at radius 1 is 1.14 bits per heavy atom. The SMILES string of the molecule is CCOC1CC(OCC)N(S(=O)(=O)c2ccccc2)C1=O. The van der Waals surface area contributed by atoms with Gasteiger partial charge < -0.3 is 9.47 Å². The van der Waals surface area contributed by atoms with Crippen molar-refractivity contribution >= 4 is 15.9 Å². The zero-order valence-corrected chi connectivity index (χ0v) is 12.9. The van der Waals surface area contributed by atoms with E-state index in [2.05, 4.69) is 0 Å². The highest BCUT2D eigenvalue weighted by Crippen LogP contribution is 2.29. The van der Waals surface area contributed by atoms with Crippen LogP contribution >= 0.6 is 0 Å². The minimum Gasteiger partial charge on any atom is -0.368 e. The molecule has 1 heterocycles. The highest BCUT2D eigenvalue weighted by atomic mass is 32.2. The zero-order valence-electron chi connectivity index (χ0n) is 12.1. The lowest BCUT2D eigenvalue weighted by molar-refractivity contribution is -0.135. The first-order valence-corrected chi connectivity index (χ1v) is 8.32. The van der Waals surface area contributed by atoms with Gasteiger partial charge in [0.15, 0.2) is 6.23 Å². The molecule has 2 unspecified atom stereocenters. The van der Waals surface area contributed by atoms with Crippen molar-refractivity contribution in [3.05, 3.63) is 30.3 Å². The second-order valence-electron chi connectivity index (χ2n) is 4.54. The van der Waals surface area contributed by atoms with Crippen molar-refractivity contribution in [2.75, 3.05) is 13.2 Å². The molecule has 1 aliphatic heterocycles.